The summed E-state index contributed by atoms with van der Waals surface area (Å²) in [6.45, 7) is 2.72. The lowest BCUT2D eigenvalue weighted by molar-refractivity contribution is -0.141. The van der Waals surface area contributed by atoms with Crippen molar-refractivity contribution in [2.75, 3.05) is 20.2 Å². The van der Waals surface area contributed by atoms with Gasteiger partial charge in [0.15, 0.2) is 6.10 Å². The van der Waals surface area contributed by atoms with Crippen LogP contribution in [-0.4, -0.2) is 91.2 Å². The molecule has 2 aliphatic heterocycles. The first-order valence-electron chi connectivity index (χ1n) is 18.6. The Labute approximate surface area is 323 Å². The van der Waals surface area contributed by atoms with Crippen molar-refractivity contribution < 1.29 is 33.8 Å². The third-order valence-corrected chi connectivity index (χ3v) is 10.4. The number of imidazole rings is 2. The average molecular weight is 761 g/mol. The lowest BCUT2D eigenvalue weighted by Gasteiger charge is -2.27. The molecule has 15 heteroatoms. The zero-order valence-electron chi connectivity index (χ0n) is 31.1. The molecule has 0 spiro atoms. The van der Waals surface area contributed by atoms with Crippen LogP contribution in [0, 0.1) is 0 Å². The number of nitrogens with zero attached hydrogens (tertiary/aromatic N) is 4. The van der Waals surface area contributed by atoms with Gasteiger partial charge < -0.3 is 45.4 Å². The molecule has 290 valence electrons. The van der Waals surface area contributed by atoms with Crippen LogP contribution in [0.3, 0.4) is 0 Å². The van der Waals surface area contributed by atoms with Crippen LogP contribution in [0.4, 0.5) is 9.59 Å². The van der Waals surface area contributed by atoms with E-state index in [0.717, 1.165) is 58.5 Å². The summed E-state index contributed by atoms with van der Waals surface area (Å²) in [6.07, 6.45) is 3.94. The van der Waals surface area contributed by atoms with Crippen LogP contribution in [0.1, 0.15) is 61.9 Å². The van der Waals surface area contributed by atoms with Gasteiger partial charge in [-0.25, -0.2) is 19.6 Å². The Hall–Kier alpha value is -6.64. The second-order valence-electron chi connectivity index (χ2n) is 14.1. The summed E-state index contributed by atoms with van der Waals surface area (Å²) in [5.74, 6) is 0.912. The molecule has 2 saturated heterocycles. The van der Waals surface area contributed by atoms with E-state index in [1.54, 1.807) is 41.2 Å². The van der Waals surface area contributed by atoms with Gasteiger partial charge in [-0.2, -0.15) is 0 Å². The Kier molecular flexibility index (Phi) is 11.0. The molecule has 0 unspecified atom stereocenters. The standard InChI is InChI=1S/C41H44N8O7/c1-24(45-41(54)55-2)38(51)48-19-3-5-33(48)36-43-22-31(46-36)28-13-9-26(10-14-28)27-11-15-29(16-12-27)32-23-44-37(47-32)34-6-4-20-49(34)39(52)35(56-40(42)53)21-25-7-17-30(50)18-8-25/h7-18,22-24,33-35,50H,3-6,19-21H2,1-2H3,(H2,42,53)(H,43,46)(H,44,47)(H,45,54)/t24-,33-,34-,35-/m0/s1. The lowest BCUT2D eigenvalue weighted by Crippen LogP contribution is -2.46. The fourth-order valence-corrected chi connectivity index (χ4v) is 7.52. The number of hydrogen-bond acceptors (Lipinski definition) is 9. The molecule has 0 bridgehead atoms. The van der Waals surface area contributed by atoms with Crippen LogP contribution in [0.15, 0.2) is 85.2 Å². The fraction of sp³-hybridized carbons (Fsp3) is 0.317. The predicted octanol–water partition coefficient (Wildman–Crippen LogP) is 5.62. The Morgan fingerprint density at radius 3 is 1.75 bits per heavy atom. The highest BCUT2D eigenvalue weighted by Gasteiger charge is 2.38. The number of methoxy groups -OCH3 is 1. The van der Waals surface area contributed by atoms with Gasteiger partial charge in [-0.3, -0.25) is 9.59 Å². The largest absolute Gasteiger partial charge is 0.508 e. The van der Waals surface area contributed by atoms with Gasteiger partial charge in [0, 0.05) is 19.5 Å². The first-order chi connectivity index (χ1) is 27.1. The summed E-state index contributed by atoms with van der Waals surface area (Å²) in [4.78, 5) is 69.7. The fourth-order valence-electron chi connectivity index (χ4n) is 7.52. The molecule has 4 heterocycles. The normalized spacial score (nSPS) is 17.7. The monoisotopic (exact) mass is 760 g/mol. The number of carbonyl (C=O) groups is 4. The van der Waals surface area contributed by atoms with E-state index in [4.69, 9.17) is 10.5 Å². The molecule has 2 aliphatic rings. The van der Waals surface area contributed by atoms with Crippen molar-refractivity contribution in [3.63, 3.8) is 0 Å². The first kappa shape index (κ1) is 37.7. The van der Waals surface area contributed by atoms with Gasteiger partial charge >= 0.3 is 12.2 Å². The maximum Gasteiger partial charge on any atom is 0.407 e. The minimum Gasteiger partial charge on any atom is -0.508 e. The number of benzene rings is 3. The van der Waals surface area contributed by atoms with E-state index in [2.05, 4.69) is 30.0 Å². The number of phenolic OH excluding ortho intramolecular Hbond substituents is 1. The number of phenols is 1. The molecule has 2 aromatic heterocycles. The molecular formula is C41H44N8O7. The number of H-pyrrole nitrogens is 2. The van der Waals surface area contributed by atoms with Crippen LogP contribution >= 0.6 is 0 Å². The quantitative estimate of drug-likeness (QED) is 0.113. The van der Waals surface area contributed by atoms with Crippen molar-refractivity contribution in [3.8, 4) is 39.4 Å². The number of alkyl carbamates (subject to hydrolysis) is 1. The SMILES string of the molecule is COC(=O)N[C@@H](C)C(=O)N1CCC[C@H]1c1ncc(-c2ccc(-c3ccc(-c4cnc([C@@H]5CCCN5C(=O)[C@H](Cc5ccc(O)cc5)OC(N)=O)[nH]4)cc3)cc2)[nH]1. The van der Waals surface area contributed by atoms with E-state index in [9.17, 15) is 24.3 Å². The first-order valence-corrected chi connectivity index (χ1v) is 18.6. The smallest absolute Gasteiger partial charge is 0.407 e. The minimum atomic E-state index is -1.11. The lowest BCUT2D eigenvalue weighted by atomic mass is 10.0. The summed E-state index contributed by atoms with van der Waals surface area (Å²) in [5.41, 5.74) is 11.7. The Morgan fingerprint density at radius 1 is 0.786 bits per heavy atom. The molecule has 15 nitrogen and oxygen atoms in total. The van der Waals surface area contributed by atoms with Crippen LogP contribution in [-0.2, 0) is 25.5 Å². The number of carbonyl (C=O) groups excluding carboxylic acids is 4. The van der Waals surface area contributed by atoms with Gasteiger partial charge in [0.25, 0.3) is 5.91 Å². The third-order valence-electron chi connectivity index (χ3n) is 10.4. The molecule has 0 radical (unpaired) electrons. The average Bonchev–Trinajstić information content (AvgIpc) is 4.05. The van der Waals surface area contributed by atoms with E-state index in [0.29, 0.717) is 31.2 Å². The predicted molar refractivity (Wildman–Crippen MR) is 206 cm³/mol. The van der Waals surface area contributed by atoms with Crippen molar-refractivity contribution >= 4 is 24.0 Å². The summed E-state index contributed by atoms with van der Waals surface area (Å²) in [7, 11) is 1.26. The topological polar surface area (TPSA) is 209 Å². The summed E-state index contributed by atoms with van der Waals surface area (Å²) < 4.78 is 9.91. The maximum atomic E-state index is 13.7. The number of amides is 4. The highest BCUT2D eigenvalue weighted by molar-refractivity contribution is 5.86. The molecule has 0 saturated carbocycles. The second-order valence-corrected chi connectivity index (χ2v) is 14.1. The zero-order chi connectivity index (χ0) is 39.3. The molecule has 5 aromatic rings. The number of nitrogens with one attached hydrogen (secondary N) is 3. The van der Waals surface area contributed by atoms with Crippen molar-refractivity contribution in [1.82, 2.24) is 35.1 Å². The van der Waals surface area contributed by atoms with Crippen molar-refractivity contribution in [2.45, 2.75) is 63.3 Å². The van der Waals surface area contributed by atoms with Gasteiger partial charge in [0.1, 0.15) is 23.4 Å². The van der Waals surface area contributed by atoms with E-state index in [-0.39, 0.29) is 36.1 Å². The van der Waals surface area contributed by atoms with E-state index >= 15 is 0 Å². The number of hydrogen-bond donors (Lipinski definition) is 5. The molecule has 4 amide bonds. The summed E-state index contributed by atoms with van der Waals surface area (Å²) in [5, 5.41) is 12.2. The Morgan fingerprint density at radius 2 is 1.27 bits per heavy atom. The highest BCUT2D eigenvalue weighted by atomic mass is 16.6. The maximum absolute atomic E-state index is 13.7. The molecule has 0 aliphatic carbocycles. The highest BCUT2D eigenvalue weighted by Crippen LogP contribution is 2.35. The number of aromatic hydroxyl groups is 1. The number of aromatic nitrogens is 4. The molecule has 4 atom stereocenters. The van der Waals surface area contributed by atoms with Crippen LogP contribution in [0.25, 0.3) is 33.6 Å². The number of rotatable bonds is 11. The molecule has 56 heavy (non-hydrogen) atoms. The summed E-state index contributed by atoms with van der Waals surface area (Å²) in [6, 6.07) is 21.4. The van der Waals surface area contributed by atoms with Crippen LogP contribution < -0.4 is 11.1 Å². The molecule has 6 N–H and O–H groups in total. The molecular weight excluding hydrogens is 716 g/mol. The number of primary amides is 1. The Balaban J connectivity index is 0.994. The van der Waals surface area contributed by atoms with Gasteiger partial charge in [0.05, 0.1) is 43.0 Å². The van der Waals surface area contributed by atoms with Crippen molar-refractivity contribution in [2.24, 2.45) is 5.73 Å². The molecule has 7 rings (SSSR count). The van der Waals surface area contributed by atoms with Crippen LogP contribution in [0.2, 0.25) is 0 Å². The number of ether oxygens (including phenoxy) is 2. The molecule has 2 fully saturated rings. The molecule has 3 aromatic carbocycles. The van der Waals surface area contributed by atoms with E-state index in [1.807, 2.05) is 48.5 Å². The van der Waals surface area contributed by atoms with E-state index < -0.39 is 24.3 Å². The van der Waals surface area contributed by atoms with E-state index in [1.165, 1.54) is 19.2 Å². The van der Waals surface area contributed by atoms with Crippen molar-refractivity contribution in [3.05, 3.63) is 102 Å². The van der Waals surface area contributed by atoms with Crippen LogP contribution in [0.5, 0.6) is 5.75 Å². The number of likely N-dealkylation sites (tertiary alicyclic amines) is 2. The Bertz CT molecular complexity index is 2180. The zero-order valence-corrected chi connectivity index (χ0v) is 31.1. The minimum absolute atomic E-state index is 0.0961. The van der Waals surface area contributed by atoms with Gasteiger partial charge in [0.2, 0.25) is 5.91 Å². The number of nitrogens with two attached hydrogens (primary N) is 1. The third kappa shape index (κ3) is 8.21. The van der Waals surface area contributed by atoms with Crippen molar-refractivity contribution in [1.29, 1.82) is 0 Å². The summed E-state index contributed by atoms with van der Waals surface area (Å²) >= 11 is 0. The van der Waals surface area contributed by atoms with Gasteiger partial charge in [-0.15, -0.1) is 0 Å². The van der Waals surface area contributed by atoms with Gasteiger partial charge in [-0.1, -0.05) is 60.7 Å². The number of aromatic amines is 2. The second kappa shape index (κ2) is 16.4. The van der Waals surface area contributed by atoms with Gasteiger partial charge in [-0.05, 0) is 72.6 Å².